The number of amides is 1. The lowest BCUT2D eigenvalue weighted by Crippen LogP contribution is -2.41. The van der Waals surface area contributed by atoms with Crippen molar-refractivity contribution in [3.8, 4) is 11.3 Å². The summed E-state index contributed by atoms with van der Waals surface area (Å²) in [5.41, 5.74) is 8.72. The number of methoxy groups -OCH3 is 1. The molecule has 6 nitrogen and oxygen atoms in total. The third-order valence-corrected chi connectivity index (χ3v) is 5.78. The van der Waals surface area contributed by atoms with Gasteiger partial charge < -0.3 is 19.9 Å². The van der Waals surface area contributed by atoms with Gasteiger partial charge in [-0.05, 0) is 36.6 Å². The number of aromatic nitrogens is 2. The predicted molar refractivity (Wildman–Crippen MR) is 133 cm³/mol. The second-order valence-electron chi connectivity index (χ2n) is 8.46. The molecule has 0 unspecified atom stereocenters. The van der Waals surface area contributed by atoms with E-state index in [2.05, 4.69) is 30.5 Å². The fraction of sp³-hybridized carbons (Fsp3) is 0.385. The van der Waals surface area contributed by atoms with E-state index in [0.29, 0.717) is 31.1 Å². The molecule has 0 saturated heterocycles. The minimum absolute atomic E-state index is 0.0222. The van der Waals surface area contributed by atoms with Crippen LogP contribution in [0.1, 0.15) is 37.7 Å². The highest BCUT2D eigenvalue weighted by Crippen LogP contribution is 2.32. The van der Waals surface area contributed by atoms with Gasteiger partial charge in [0.15, 0.2) is 0 Å². The molecule has 3 aromatic rings. The van der Waals surface area contributed by atoms with Gasteiger partial charge in [-0.2, -0.15) is 0 Å². The smallest absolute Gasteiger partial charge is 0.249 e. The molecule has 2 aromatic carbocycles. The van der Waals surface area contributed by atoms with Crippen LogP contribution in [0.5, 0.6) is 0 Å². The SMILES string of the molecule is COCC(=O)N(CCCN)[C@@H](c1nc(-c2cccc(Cl)c2)cn1Cc1ccccc1)C(C)C. The number of nitrogens with zero attached hydrogens (tertiary/aromatic N) is 3. The zero-order chi connectivity index (χ0) is 23.8. The molecule has 0 radical (unpaired) electrons. The summed E-state index contributed by atoms with van der Waals surface area (Å²) >= 11 is 6.25. The van der Waals surface area contributed by atoms with E-state index in [9.17, 15) is 4.79 Å². The van der Waals surface area contributed by atoms with Gasteiger partial charge in [-0.25, -0.2) is 4.98 Å². The number of halogens is 1. The van der Waals surface area contributed by atoms with Gasteiger partial charge in [0.25, 0.3) is 0 Å². The highest BCUT2D eigenvalue weighted by Gasteiger charge is 2.31. The summed E-state index contributed by atoms with van der Waals surface area (Å²) in [4.78, 5) is 20.0. The molecule has 0 fully saturated rings. The molecule has 0 aliphatic rings. The van der Waals surface area contributed by atoms with Crippen molar-refractivity contribution >= 4 is 17.5 Å². The van der Waals surface area contributed by atoms with E-state index in [4.69, 9.17) is 27.1 Å². The molecule has 0 aliphatic carbocycles. The second kappa shape index (κ2) is 12.0. The number of benzene rings is 2. The maximum absolute atomic E-state index is 13.1. The quantitative estimate of drug-likeness (QED) is 0.439. The fourth-order valence-corrected chi connectivity index (χ4v) is 4.23. The Hall–Kier alpha value is -2.67. The van der Waals surface area contributed by atoms with Crippen LogP contribution in [0, 0.1) is 5.92 Å². The standard InChI is InChI=1S/C26H33ClN4O2/c1-19(2)25(31(14-8-13-28)24(32)18-33-3)26-29-23(21-11-7-12-22(27)15-21)17-30(26)16-20-9-5-4-6-10-20/h4-7,9-12,15,17,19,25H,8,13-14,16,18,28H2,1-3H3/t25-/m1/s1. The van der Waals surface area contributed by atoms with Crippen molar-refractivity contribution in [2.45, 2.75) is 32.9 Å². The Morgan fingerprint density at radius 3 is 2.58 bits per heavy atom. The third kappa shape index (κ3) is 6.44. The van der Waals surface area contributed by atoms with Gasteiger partial charge in [-0.3, -0.25) is 4.79 Å². The first-order chi connectivity index (χ1) is 15.9. The van der Waals surface area contributed by atoms with Crippen LogP contribution >= 0.6 is 11.6 Å². The number of ether oxygens (including phenoxy) is 1. The Bertz CT molecular complexity index is 1040. The summed E-state index contributed by atoms with van der Waals surface area (Å²) in [5.74, 6) is 0.904. The molecule has 33 heavy (non-hydrogen) atoms. The maximum atomic E-state index is 13.1. The minimum atomic E-state index is -0.226. The Morgan fingerprint density at radius 2 is 1.94 bits per heavy atom. The first-order valence-corrected chi connectivity index (χ1v) is 11.7. The van der Waals surface area contributed by atoms with Crippen LogP contribution in [0.15, 0.2) is 60.8 Å². The van der Waals surface area contributed by atoms with Gasteiger partial charge in [0.1, 0.15) is 12.4 Å². The lowest BCUT2D eigenvalue weighted by Gasteiger charge is -2.34. The summed E-state index contributed by atoms with van der Waals surface area (Å²) in [6, 6.07) is 17.7. The highest BCUT2D eigenvalue weighted by atomic mass is 35.5. The van der Waals surface area contributed by atoms with Gasteiger partial charge in [-0.1, -0.05) is 67.9 Å². The molecule has 7 heteroatoms. The monoisotopic (exact) mass is 468 g/mol. The molecular weight excluding hydrogens is 436 g/mol. The van der Waals surface area contributed by atoms with Crippen molar-refractivity contribution in [1.29, 1.82) is 0 Å². The van der Waals surface area contributed by atoms with E-state index >= 15 is 0 Å². The second-order valence-corrected chi connectivity index (χ2v) is 8.90. The highest BCUT2D eigenvalue weighted by molar-refractivity contribution is 6.30. The van der Waals surface area contributed by atoms with E-state index < -0.39 is 0 Å². The molecule has 0 aliphatic heterocycles. The van der Waals surface area contributed by atoms with Crippen LogP contribution in [0.3, 0.4) is 0 Å². The summed E-state index contributed by atoms with van der Waals surface area (Å²) in [5, 5.41) is 0.659. The zero-order valence-corrected chi connectivity index (χ0v) is 20.3. The molecule has 3 rings (SSSR count). The lowest BCUT2D eigenvalue weighted by molar-refractivity contribution is -0.139. The van der Waals surface area contributed by atoms with Crippen LogP contribution in [0.4, 0.5) is 0 Å². The zero-order valence-electron chi connectivity index (χ0n) is 19.6. The van der Waals surface area contributed by atoms with Gasteiger partial charge in [0, 0.05) is 37.0 Å². The normalized spacial score (nSPS) is 12.2. The van der Waals surface area contributed by atoms with Crippen molar-refractivity contribution in [3.63, 3.8) is 0 Å². The van der Waals surface area contributed by atoms with E-state index in [1.165, 1.54) is 7.11 Å². The topological polar surface area (TPSA) is 73.4 Å². The Labute approximate surface area is 201 Å². The van der Waals surface area contributed by atoms with Crippen LogP contribution in [0.25, 0.3) is 11.3 Å². The number of imidazole rings is 1. The molecule has 1 atom stereocenters. The Morgan fingerprint density at radius 1 is 1.18 bits per heavy atom. The van der Waals surface area contributed by atoms with Gasteiger partial charge >= 0.3 is 0 Å². The molecule has 1 amide bonds. The van der Waals surface area contributed by atoms with E-state index in [-0.39, 0.29) is 24.5 Å². The van der Waals surface area contributed by atoms with Crippen molar-refractivity contribution in [2.75, 3.05) is 26.8 Å². The first-order valence-electron chi connectivity index (χ1n) is 11.3. The summed E-state index contributed by atoms with van der Waals surface area (Å²) in [6.07, 6.45) is 2.75. The predicted octanol–water partition coefficient (Wildman–Crippen LogP) is 4.77. The fourth-order valence-electron chi connectivity index (χ4n) is 4.04. The van der Waals surface area contributed by atoms with E-state index in [0.717, 1.165) is 22.6 Å². The van der Waals surface area contributed by atoms with Gasteiger partial charge in [0.2, 0.25) is 5.91 Å². The van der Waals surface area contributed by atoms with Crippen LogP contribution < -0.4 is 5.73 Å². The molecule has 1 aromatic heterocycles. The van der Waals surface area contributed by atoms with Crippen molar-refractivity contribution < 1.29 is 9.53 Å². The number of carbonyl (C=O) groups is 1. The van der Waals surface area contributed by atoms with Crippen LogP contribution in [-0.4, -0.2) is 47.2 Å². The summed E-state index contributed by atoms with van der Waals surface area (Å²) in [6.45, 7) is 5.95. The number of nitrogens with two attached hydrogens (primary N) is 1. The average Bonchev–Trinajstić information content (AvgIpc) is 3.20. The largest absolute Gasteiger partial charge is 0.375 e. The number of hydrogen-bond donors (Lipinski definition) is 1. The van der Waals surface area contributed by atoms with Crippen molar-refractivity contribution in [3.05, 3.63) is 77.2 Å². The van der Waals surface area contributed by atoms with Gasteiger partial charge in [0.05, 0.1) is 11.7 Å². The lowest BCUT2D eigenvalue weighted by atomic mass is 10.0. The first kappa shape index (κ1) is 25.0. The minimum Gasteiger partial charge on any atom is -0.375 e. The number of hydrogen-bond acceptors (Lipinski definition) is 4. The maximum Gasteiger partial charge on any atom is 0.249 e. The summed E-state index contributed by atoms with van der Waals surface area (Å²) in [7, 11) is 1.54. The van der Waals surface area contributed by atoms with E-state index in [1.54, 1.807) is 0 Å². The molecule has 0 spiro atoms. The molecule has 2 N–H and O–H groups in total. The number of carbonyl (C=O) groups excluding carboxylic acids is 1. The summed E-state index contributed by atoms with van der Waals surface area (Å²) < 4.78 is 7.32. The molecular formula is C26H33ClN4O2. The molecule has 1 heterocycles. The van der Waals surface area contributed by atoms with Crippen molar-refractivity contribution in [2.24, 2.45) is 11.7 Å². The molecule has 0 saturated carbocycles. The van der Waals surface area contributed by atoms with Crippen LogP contribution in [-0.2, 0) is 16.1 Å². The Balaban J connectivity index is 2.11. The van der Waals surface area contributed by atoms with Crippen molar-refractivity contribution in [1.82, 2.24) is 14.5 Å². The number of rotatable bonds is 11. The average molecular weight is 469 g/mol. The Kier molecular flexibility index (Phi) is 9.06. The third-order valence-electron chi connectivity index (χ3n) is 5.55. The molecule has 0 bridgehead atoms. The van der Waals surface area contributed by atoms with E-state index in [1.807, 2.05) is 53.6 Å². The van der Waals surface area contributed by atoms with Crippen LogP contribution in [0.2, 0.25) is 5.02 Å². The molecule has 176 valence electrons. The van der Waals surface area contributed by atoms with Gasteiger partial charge in [-0.15, -0.1) is 0 Å².